The highest BCUT2D eigenvalue weighted by Gasteiger charge is 2.06. The average molecular weight is 238 g/mol. The molecule has 2 heterocycles. The molecule has 0 bridgehead atoms. The Balaban J connectivity index is 2.25. The molecule has 84 valence electrons. The van der Waals surface area contributed by atoms with Crippen LogP contribution in [0.1, 0.15) is 12.5 Å². The van der Waals surface area contributed by atoms with E-state index in [-0.39, 0.29) is 0 Å². The van der Waals surface area contributed by atoms with Crippen LogP contribution in [0, 0.1) is 0 Å². The predicted octanol–water partition coefficient (Wildman–Crippen LogP) is 2.38. The quantitative estimate of drug-likeness (QED) is 0.767. The molecule has 16 heavy (non-hydrogen) atoms. The van der Waals surface area contributed by atoms with Crippen molar-refractivity contribution in [3.8, 4) is 5.88 Å². The summed E-state index contributed by atoms with van der Waals surface area (Å²) in [6, 6.07) is 5.54. The summed E-state index contributed by atoms with van der Waals surface area (Å²) in [6.07, 6.45) is 3.63. The van der Waals surface area contributed by atoms with E-state index in [4.69, 9.17) is 16.3 Å². The van der Waals surface area contributed by atoms with E-state index in [0.29, 0.717) is 24.2 Å². The van der Waals surface area contributed by atoms with Crippen molar-refractivity contribution >= 4 is 11.6 Å². The molecule has 0 atom stereocenters. The second kappa shape index (κ2) is 4.99. The number of aromatic nitrogens is 3. The van der Waals surface area contributed by atoms with E-state index in [1.54, 1.807) is 12.3 Å². The van der Waals surface area contributed by atoms with Gasteiger partial charge < -0.3 is 4.74 Å². The van der Waals surface area contributed by atoms with Crippen LogP contribution >= 0.6 is 11.6 Å². The summed E-state index contributed by atoms with van der Waals surface area (Å²) in [7, 11) is 0. The normalized spacial score (nSPS) is 10.4. The largest absolute Gasteiger partial charge is 0.478 e. The van der Waals surface area contributed by atoms with Crippen LogP contribution in [-0.4, -0.2) is 21.4 Å². The van der Waals surface area contributed by atoms with Gasteiger partial charge in [0.15, 0.2) is 0 Å². The Morgan fingerprint density at radius 3 is 3.00 bits per heavy atom. The SMILES string of the molecule is CCOc1nc(Cl)ccc1Cn1cccn1. The molecule has 0 aromatic carbocycles. The number of nitrogens with zero attached hydrogens (tertiary/aromatic N) is 3. The van der Waals surface area contributed by atoms with Crippen molar-refractivity contribution in [2.45, 2.75) is 13.5 Å². The fourth-order valence-electron chi connectivity index (χ4n) is 1.40. The molecule has 0 fully saturated rings. The highest BCUT2D eigenvalue weighted by molar-refractivity contribution is 6.29. The summed E-state index contributed by atoms with van der Waals surface area (Å²) < 4.78 is 7.24. The summed E-state index contributed by atoms with van der Waals surface area (Å²) >= 11 is 5.82. The zero-order valence-electron chi connectivity index (χ0n) is 8.93. The molecule has 2 aromatic heterocycles. The zero-order chi connectivity index (χ0) is 11.4. The van der Waals surface area contributed by atoms with E-state index in [0.717, 1.165) is 5.56 Å². The summed E-state index contributed by atoms with van der Waals surface area (Å²) in [4.78, 5) is 4.15. The molecule has 0 saturated carbocycles. The van der Waals surface area contributed by atoms with E-state index >= 15 is 0 Å². The topological polar surface area (TPSA) is 39.9 Å². The molecule has 0 aliphatic carbocycles. The van der Waals surface area contributed by atoms with Gasteiger partial charge in [0.25, 0.3) is 0 Å². The number of pyridine rings is 1. The lowest BCUT2D eigenvalue weighted by Crippen LogP contribution is -2.05. The first-order valence-corrected chi connectivity index (χ1v) is 5.43. The maximum atomic E-state index is 5.82. The van der Waals surface area contributed by atoms with Crippen molar-refractivity contribution in [2.24, 2.45) is 0 Å². The van der Waals surface area contributed by atoms with Crippen LogP contribution < -0.4 is 4.74 Å². The molecule has 0 unspecified atom stereocenters. The van der Waals surface area contributed by atoms with Gasteiger partial charge in [0.1, 0.15) is 5.15 Å². The van der Waals surface area contributed by atoms with Gasteiger partial charge in [0.05, 0.1) is 13.2 Å². The smallest absolute Gasteiger partial charge is 0.219 e. The maximum Gasteiger partial charge on any atom is 0.219 e. The molecule has 0 radical (unpaired) electrons. The van der Waals surface area contributed by atoms with Crippen LogP contribution in [0.2, 0.25) is 5.15 Å². The van der Waals surface area contributed by atoms with E-state index in [1.807, 2.05) is 29.9 Å². The fraction of sp³-hybridized carbons (Fsp3) is 0.273. The second-order valence-corrected chi connectivity index (χ2v) is 3.62. The monoisotopic (exact) mass is 237 g/mol. The molecule has 0 aliphatic rings. The van der Waals surface area contributed by atoms with Crippen molar-refractivity contribution < 1.29 is 4.74 Å². The van der Waals surface area contributed by atoms with Gasteiger partial charge in [-0.25, -0.2) is 4.98 Å². The molecule has 0 amide bonds. The molecule has 0 aliphatic heterocycles. The lowest BCUT2D eigenvalue weighted by molar-refractivity contribution is 0.321. The number of hydrogen-bond donors (Lipinski definition) is 0. The van der Waals surface area contributed by atoms with E-state index < -0.39 is 0 Å². The number of ether oxygens (including phenoxy) is 1. The first kappa shape index (κ1) is 11.0. The Hall–Kier alpha value is -1.55. The third kappa shape index (κ3) is 2.52. The summed E-state index contributed by atoms with van der Waals surface area (Å²) in [5.74, 6) is 0.575. The molecule has 2 rings (SSSR count). The molecule has 5 heteroatoms. The van der Waals surface area contributed by atoms with Crippen LogP contribution in [0.3, 0.4) is 0 Å². The number of hydrogen-bond acceptors (Lipinski definition) is 3. The van der Waals surface area contributed by atoms with Crippen molar-refractivity contribution in [1.82, 2.24) is 14.8 Å². The lowest BCUT2D eigenvalue weighted by atomic mass is 10.2. The standard InChI is InChI=1S/C11H12ClN3O/c1-2-16-11-9(4-5-10(12)14-11)8-15-7-3-6-13-15/h3-7H,2,8H2,1H3. The van der Waals surface area contributed by atoms with E-state index in [2.05, 4.69) is 10.1 Å². The number of halogens is 1. The predicted molar refractivity (Wildman–Crippen MR) is 61.7 cm³/mol. The third-order valence-corrected chi connectivity index (χ3v) is 2.29. The second-order valence-electron chi connectivity index (χ2n) is 3.23. The van der Waals surface area contributed by atoms with Gasteiger partial charge in [-0.05, 0) is 25.1 Å². The third-order valence-electron chi connectivity index (χ3n) is 2.08. The summed E-state index contributed by atoms with van der Waals surface area (Å²) in [6.45, 7) is 3.12. The van der Waals surface area contributed by atoms with Crippen LogP contribution in [-0.2, 0) is 6.54 Å². The average Bonchev–Trinajstić information content (AvgIpc) is 2.75. The van der Waals surface area contributed by atoms with Crippen molar-refractivity contribution in [2.75, 3.05) is 6.61 Å². The van der Waals surface area contributed by atoms with Crippen LogP contribution in [0.25, 0.3) is 0 Å². The molecule has 4 nitrogen and oxygen atoms in total. The molecule has 0 saturated heterocycles. The fourth-order valence-corrected chi connectivity index (χ4v) is 1.54. The van der Waals surface area contributed by atoms with Gasteiger partial charge >= 0.3 is 0 Å². The lowest BCUT2D eigenvalue weighted by Gasteiger charge is -2.09. The van der Waals surface area contributed by atoms with Gasteiger partial charge in [0.2, 0.25) is 5.88 Å². The van der Waals surface area contributed by atoms with Crippen LogP contribution in [0.5, 0.6) is 5.88 Å². The molecule has 2 aromatic rings. The Morgan fingerprint density at radius 1 is 1.44 bits per heavy atom. The first-order valence-electron chi connectivity index (χ1n) is 5.05. The van der Waals surface area contributed by atoms with Crippen molar-refractivity contribution in [3.63, 3.8) is 0 Å². The molecule has 0 spiro atoms. The highest BCUT2D eigenvalue weighted by Crippen LogP contribution is 2.19. The number of rotatable bonds is 4. The van der Waals surface area contributed by atoms with Gasteiger partial charge in [-0.2, -0.15) is 5.10 Å². The first-order chi connectivity index (χ1) is 7.79. The summed E-state index contributed by atoms with van der Waals surface area (Å²) in [5.41, 5.74) is 0.968. The minimum atomic E-state index is 0.438. The van der Waals surface area contributed by atoms with Gasteiger partial charge in [-0.15, -0.1) is 0 Å². The van der Waals surface area contributed by atoms with Crippen molar-refractivity contribution in [1.29, 1.82) is 0 Å². The van der Waals surface area contributed by atoms with Gasteiger partial charge in [-0.3, -0.25) is 4.68 Å². The molecular weight excluding hydrogens is 226 g/mol. The molecular formula is C11H12ClN3O. The van der Waals surface area contributed by atoms with Crippen molar-refractivity contribution in [3.05, 3.63) is 41.3 Å². The molecule has 0 N–H and O–H groups in total. The van der Waals surface area contributed by atoms with Gasteiger partial charge in [0, 0.05) is 18.0 Å². The highest BCUT2D eigenvalue weighted by atomic mass is 35.5. The van der Waals surface area contributed by atoms with Gasteiger partial charge in [-0.1, -0.05) is 11.6 Å². The Kier molecular flexibility index (Phi) is 3.41. The summed E-state index contributed by atoms with van der Waals surface area (Å²) in [5, 5.41) is 4.57. The zero-order valence-corrected chi connectivity index (χ0v) is 9.68. The minimum Gasteiger partial charge on any atom is -0.478 e. The Labute approximate surface area is 98.8 Å². The minimum absolute atomic E-state index is 0.438. The van der Waals surface area contributed by atoms with Crippen LogP contribution in [0.4, 0.5) is 0 Å². The van der Waals surface area contributed by atoms with Crippen LogP contribution in [0.15, 0.2) is 30.6 Å². The maximum absolute atomic E-state index is 5.82. The van der Waals surface area contributed by atoms with E-state index in [9.17, 15) is 0 Å². The Bertz CT molecular complexity index is 456. The van der Waals surface area contributed by atoms with E-state index in [1.165, 1.54) is 0 Å². The Morgan fingerprint density at radius 2 is 2.31 bits per heavy atom.